The largest absolute Gasteiger partial charge is 0.357 e. The molecule has 45 heavy (non-hydrogen) atoms. The van der Waals surface area contributed by atoms with Crippen LogP contribution in [-0.4, -0.2) is 51.0 Å². The number of amides is 2. The average molecular weight is 628 g/mol. The highest BCUT2D eigenvalue weighted by atomic mass is 32.2. The van der Waals surface area contributed by atoms with Gasteiger partial charge in [-0.05, 0) is 103 Å². The fourth-order valence-electron chi connectivity index (χ4n) is 8.75. The van der Waals surface area contributed by atoms with Crippen LogP contribution in [0.2, 0.25) is 0 Å². The maximum atomic E-state index is 14.3. The predicted octanol–water partition coefficient (Wildman–Crippen LogP) is 5.61. The number of anilines is 1. The van der Waals surface area contributed by atoms with Crippen molar-refractivity contribution in [2.75, 3.05) is 24.2 Å². The lowest BCUT2D eigenvalue weighted by molar-refractivity contribution is -0.139. The summed E-state index contributed by atoms with van der Waals surface area (Å²) in [7, 11) is -2.25. The molecule has 3 aromatic carbocycles. The number of hydrogen-bond donors (Lipinski definition) is 1. The molecular formula is C37H45N3O4S. The SMILES string of the molecule is CNC(=O)[C@H](Cc1ccccc1)N(Cc1ccccc1C)C(=O)CN(c1ccc(C23CC4CC(CC(C4)C2)C3)cc1)S(C)(=O)=O. The van der Waals surface area contributed by atoms with E-state index in [0.717, 1.165) is 40.7 Å². The lowest BCUT2D eigenvalue weighted by Crippen LogP contribution is -2.53. The minimum Gasteiger partial charge on any atom is -0.357 e. The quantitative estimate of drug-likeness (QED) is 0.299. The molecule has 0 unspecified atom stereocenters. The molecule has 238 valence electrons. The molecule has 0 radical (unpaired) electrons. The van der Waals surface area contributed by atoms with Crippen LogP contribution >= 0.6 is 0 Å². The number of rotatable bonds is 11. The monoisotopic (exact) mass is 627 g/mol. The van der Waals surface area contributed by atoms with Crippen molar-refractivity contribution in [3.8, 4) is 0 Å². The Kier molecular flexibility index (Phi) is 8.79. The number of likely N-dealkylation sites (N-methyl/N-ethyl adjacent to an activating group) is 1. The van der Waals surface area contributed by atoms with Gasteiger partial charge in [-0.15, -0.1) is 0 Å². The summed E-state index contributed by atoms with van der Waals surface area (Å²) in [4.78, 5) is 29.2. The Morgan fingerprint density at radius 2 is 1.44 bits per heavy atom. The maximum absolute atomic E-state index is 14.3. The first-order chi connectivity index (χ1) is 21.5. The van der Waals surface area contributed by atoms with E-state index in [1.807, 2.05) is 73.7 Å². The number of benzene rings is 3. The lowest BCUT2D eigenvalue weighted by atomic mass is 9.48. The summed E-state index contributed by atoms with van der Waals surface area (Å²) in [5, 5.41) is 2.73. The van der Waals surface area contributed by atoms with Gasteiger partial charge in [0.2, 0.25) is 21.8 Å². The summed E-state index contributed by atoms with van der Waals surface area (Å²) in [5.41, 5.74) is 4.77. The molecular weight excluding hydrogens is 582 g/mol. The molecule has 4 fully saturated rings. The molecule has 1 atom stereocenters. The Morgan fingerprint density at radius 3 is 2.00 bits per heavy atom. The first kappa shape index (κ1) is 31.3. The van der Waals surface area contributed by atoms with Crippen LogP contribution in [0.25, 0.3) is 0 Å². The Labute approximate surface area is 268 Å². The Morgan fingerprint density at radius 1 is 0.867 bits per heavy atom. The van der Waals surface area contributed by atoms with Crippen LogP contribution in [0.3, 0.4) is 0 Å². The molecule has 0 aliphatic heterocycles. The third-order valence-corrected chi connectivity index (χ3v) is 11.7. The molecule has 0 spiro atoms. The van der Waals surface area contributed by atoms with Gasteiger partial charge in [0.25, 0.3) is 0 Å². The predicted molar refractivity (Wildman–Crippen MR) is 178 cm³/mol. The van der Waals surface area contributed by atoms with Gasteiger partial charge in [0.1, 0.15) is 12.6 Å². The topological polar surface area (TPSA) is 86.8 Å². The number of hydrogen-bond acceptors (Lipinski definition) is 4. The van der Waals surface area contributed by atoms with Crippen LogP contribution < -0.4 is 9.62 Å². The molecule has 4 bridgehead atoms. The second kappa shape index (κ2) is 12.6. The number of carbonyl (C=O) groups is 2. The minimum atomic E-state index is -3.81. The number of sulfonamides is 1. The average Bonchev–Trinajstić information content (AvgIpc) is 3.01. The molecule has 7 nitrogen and oxygen atoms in total. The normalized spacial score (nSPS) is 24.2. The van der Waals surface area contributed by atoms with E-state index >= 15 is 0 Å². The highest BCUT2D eigenvalue weighted by Crippen LogP contribution is 2.60. The van der Waals surface area contributed by atoms with E-state index in [1.165, 1.54) is 53.3 Å². The van der Waals surface area contributed by atoms with E-state index in [9.17, 15) is 18.0 Å². The van der Waals surface area contributed by atoms with Gasteiger partial charge in [-0.2, -0.15) is 0 Å². The number of aryl methyl sites for hydroxylation is 1. The second-order valence-electron chi connectivity index (χ2n) is 13.8. The van der Waals surface area contributed by atoms with E-state index in [1.54, 1.807) is 7.05 Å². The van der Waals surface area contributed by atoms with Crippen LogP contribution in [0.1, 0.15) is 60.8 Å². The van der Waals surface area contributed by atoms with Crippen molar-refractivity contribution in [1.29, 1.82) is 0 Å². The molecule has 0 saturated heterocycles. The zero-order valence-corrected chi connectivity index (χ0v) is 27.4. The summed E-state index contributed by atoms with van der Waals surface area (Å²) >= 11 is 0. The highest BCUT2D eigenvalue weighted by molar-refractivity contribution is 7.92. The van der Waals surface area contributed by atoms with Gasteiger partial charge in [0, 0.05) is 20.0 Å². The van der Waals surface area contributed by atoms with Crippen LogP contribution in [-0.2, 0) is 38.0 Å². The Bertz CT molecular complexity index is 1600. The number of nitrogens with one attached hydrogen (secondary N) is 1. The molecule has 1 N–H and O–H groups in total. The fraction of sp³-hybridized carbons (Fsp3) is 0.459. The maximum Gasteiger partial charge on any atom is 0.244 e. The zero-order valence-electron chi connectivity index (χ0n) is 26.6. The van der Waals surface area contributed by atoms with Crippen molar-refractivity contribution in [3.63, 3.8) is 0 Å². The van der Waals surface area contributed by atoms with Crippen molar-refractivity contribution >= 4 is 27.5 Å². The second-order valence-corrected chi connectivity index (χ2v) is 15.7. The van der Waals surface area contributed by atoms with Crippen molar-refractivity contribution in [1.82, 2.24) is 10.2 Å². The molecule has 0 heterocycles. The molecule has 3 aromatic rings. The number of carbonyl (C=O) groups excluding carboxylic acids is 2. The van der Waals surface area contributed by atoms with Gasteiger partial charge < -0.3 is 10.2 Å². The smallest absolute Gasteiger partial charge is 0.244 e. The first-order valence-corrected chi connectivity index (χ1v) is 18.1. The third kappa shape index (κ3) is 6.67. The van der Waals surface area contributed by atoms with Gasteiger partial charge in [-0.3, -0.25) is 13.9 Å². The molecule has 4 saturated carbocycles. The van der Waals surface area contributed by atoms with E-state index in [-0.39, 0.29) is 17.9 Å². The van der Waals surface area contributed by atoms with Gasteiger partial charge >= 0.3 is 0 Å². The molecule has 8 heteroatoms. The number of nitrogens with zero attached hydrogens (tertiary/aromatic N) is 2. The lowest BCUT2D eigenvalue weighted by Gasteiger charge is -2.57. The highest BCUT2D eigenvalue weighted by Gasteiger charge is 2.51. The first-order valence-electron chi connectivity index (χ1n) is 16.2. The van der Waals surface area contributed by atoms with Crippen molar-refractivity contribution in [2.24, 2.45) is 17.8 Å². The van der Waals surface area contributed by atoms with Crippen molar-refractivity contribution in [2.45, 2.75) is 69.9 Å². The summed E-state index contributed by atoms with van der Waals surface area (Å²) in [5.74, 6) is 1.70. The Balaban J connectivity index is 1.30. The molecule has 2 amide bonds. The van der Waals surface area contributed by atoms with Crippen LogP contribution in [0.4, 0.5) is 5.69 Å². The summed E-state index contributed by atoms with van der Waals surface area (Å²) in [6, 6.07) is 24.4. The molecule has 0 aromatic heterocycles. The Hall–Kier alpha value is -3.65. The van der Waals surface area contributed by atoms with Gasteiger partial charge in [-0.25, -0.2) is 8.42 Å². The third-order valence-electron chi connectivity index (χ3n) is 10.6. The molecule has 4 aliphatic rings. The fourth-order valence-corrected chi connectivity index (χ4v) is 9.60. The summed E-state index contributed by atoms with van der Waals surface area (Å²) < 4.78 is 27.7. The standard InChI is InChI=1S/C37H45N3O4S/c1-26-9-7-8-12-31(26)24-39(34(36(42)38-2)20-27-10-5-4-6-11-27)35(41)25-40(45(3,43)44)33-15-13-32(14-16-33)37-21-28-17-29(22-37)19-30(18-28)23-37/h4-16,28-30,34H,17-25H2,1-3H3,(H,38,42)/t28?,29?,30?,34-,37?/m0/s1. The zero-order chi connectivity index (χ0) is 31.8. The van der Waals surface area contributed by atoms with E-state index in [0.29, 0.717) is 12.1 Å². The molecule has 4 aliphatic carbocycles. The van der Waals surface area contributed by atoms with Crippen LogP contribution in [0.15, 0.2) is 78.9 Å². The van der Waals surface area contributed by atoms with E-state index in [4.69, 9.17) is 0 Å². The van der Waals surface area contributed by atoms with Crippen LogP contribution in [0, 0.1) is 24.7 Å². The van der Waals surface area contributed by atoms with Crippen molar-refractivity contribution < 1.29 is 18.0 Å². The van der Waals surface area contributed by atoms with E-state index < -0.39 is 28.5 Å². The van der Waals surface area contributed by atoms with Crippen molar-refractivity contribution in [3.05, 3.63) is 101 Å². The van der Waals surface area contributed by atoms with E-state index in [2.05, 4.69) is 17.4 Å². The van der Waals surface area contributed by atoms with Gasteiger partial charge in [-0.1, -0.05) is 66.7 Å². The summed E-state index contributed by atoms with van der Waals surface area (Å²) in [6.07, 6.45) is 9.20. The van der Waals surface area contributed by atoms with Crippen LogP contribution in [0.5, 0.6) is 0 Å². The minimum absolute atomic E-state index is 0.180. The molecule has 7 rings (SSSR count). The van der Waals surface area contributed by atoms with Gasteiger partial charge in [0.05, 0.1) is 11.9 Å². The van der Waals surface area contributed by atoms with Gasteiger partial charge in [0.15, 0.2) is 0 Å². The summed E-state index contributed by atoms with van der Waals surface area (Å²) in [6.45, 7) is 1.75.